The van der Waals surface area contributed by atoms with E-state index in [-0.39, 0.29) is 5.91 Å². The number of anilines is 2. The Morgan fingerprint density at radius 3 is 2.64 bits per heavy atom. The zero-order valence-electron chi connectivity index (χ0n) is 14.1. The zero-order chi connectivity index (χ0) is 17.5. The highest BCUT2D eigenvalue weighted by Gasteiger charge is 2.12. The molecular formula is C18H21N3O3S. The molecule has 1 aliphatic heterocycles. The lowest BCUT2D eigenvalue weighted by molar-refractivity contribution is -0.113. The molecule has 25 heavy (non-hydrogen) atoms. The van der Waals surface area contributed by atoms with Crippen molar-refractivity contribution in [1.82, 2.24) is 4.98 Å². The van der Waals surface area contributed by atoms with Crippen molar-refractivity contribution in [1.29, 1.82) is 0 Å². The maximum Gasteiger partial charge on any atom is 0.234 e. The highest BCUT2D eigenvalue weighted by molar-refractivity contribution is 8.00. The molecule has 0 aliphatic carbocycles. The Kier molecular flexibility index (Phi) is 6.14. The molecule has 1 aliphatic rings. The van der Waals surface area contributed by atoms with E-state index < -0.39 is 0 Å². The molecule has 1 aromatic carbocycles. The van der Waals surface area contributed by atoms with Crippen molar-refractivity contribution in [2.75, 3.05) is 49.4 Å². The first-order chi connectivity index (χ1) is 12.2. The molecule has 1 aromatic heterocycles. The molecule has 2 aromatic rings. The van der Waals surface area contributed by atoms with Crippen molar-refractivity contribution in [3.05, 3.63) is 42.6 Å². The minimum absolute atomic E-state index is 0.0539. The van der Waals surface area contributed by atoms with Gasteiger partial charge in [0.05, 0.1) is 38.0 Å². The van der Waals surface area contributed by atoms with E-state index >= 15 is 0 Å². The maximum absolute atomic E-state index is 12.1. The second-order valence-corrected chi connectivity index (χ2v) is 6.57. The van der Waals surface area contributed by atoms with Crippen LogP contribution in [-0.2, 0) is 9.53 Å². The van der Waals surface area contributed by atoms with Gasteiger partial charge in [0, 0.05) is 18.0 Å². The molecule has 0 saturated carbocycles. The van der Waals surface area contributed by atoms with Gasteiger partial charge in [0.25, 0.3) is 0 Å². The number of hydrogen-bond acceptors (Lipinski definition) is 6. The van der Waals surface area contributed by atoms with E-state index in [9.17, 15) is 4.79 Å². The number of morpholine rings is 1. The van der Waals surface area contributed by atoms with Crippen LogP contribution in [0.1, 0.15) is 0 Å². The predicted molar refractivity (Wildman–Crippen MR) is 99.6 cm³/mol. The number of hydrogen-bond donors (Lipinski definition) is 1. The second-order valence-electron chi connectivity index (χ2n) is 5.52. The molecule has 1 amide bonds. The van der Waals surface area contributed by atoms with Crippen LogP contribution in [0.2, 0.25) is 0 Å². The molecule has 6 nitrogen and oxygen atoms in total. The fourth-order valence-electron chi connectivity index (χ4n) is 2.46. The minimum atomic E-state index is -0.0539. The Morgan fingerprint density at radius 1 is 1.24 bits per heavy atom. The first kappa shape index (κ1) is 17.6. The number of benzene rings is 1. The summed E-state index contributed by atoms with van der Waals surface area (Å²) < 4.78 is 10.5. The van der Waals surface area contributed by atoms with Gasteiger partial charge in [0.1, 0.15) is 11.6 Å². The van der Waals surface area contributed by atoms with Gasteiger partial charge in [-0.15, -0.1) is 11.8 Å². The van der Waals surface area contributed by atoms with Crippen molar-refractivity contribution in [3.63, 3.8) is 0 Å². The summed E-state index contributed by atoms with van der Waals surface area (Å²) in [6.45, 7) is 3.14. The van der Waals surface area contributed by atoms with Crippen LogP contribution in [0.3, 0.4) is 0 Å². The summed E-state index contributed by atoms with van der Waals surface area (Å²) in [5.41, 5.74) is 0.706. The number of nitrogens with zero attached hydrogens (tertiary/aromatic N) is 2. The third-order valence-corrected chi connectivity index (χ3v) is 4.81. The lowest BCUT2D eigenvalue weighted by atomic mass is 10.3. The summed E-state index contributed by atoms with van der Waals surface area (Å²) in [6, 6.07) is 11.5. The van der Waals surface area contributed by atoms with Crippen LogP contribution in [0.25, 0.3) is 0 Å². The number of pyridine rings is 1. The van der Waals surface area contributed by atoms with Crippen LogP contribution < -0.4 is 15.0 Å². The summed E-state index contributed by atoms with van der Waals surface area (Å²) in [5, 5.41) is 2.87. The van der Waals surface area contributed by atoms with Crippen molar-refractivity contribution < 1.29 is 14.3 Å². The van der Waals surface area contributed by atoms with Crippen molar-refractivity contribution in [2.24, 2.45) is 0 Å². The van der Waals surface area contributed by atoms with Crippen LogP contribution in [0.4, 0.5) is 11.5 Å². The fourth-order valence-corrected chi connectivity index (χ4v) is 3.16. The molecule has 0 unspecified atom stereocenters. The number of rotatable bonds is 6. The van der Waals surface area contributed by atoms with Crippen LogP contribution in [-0.4, -0.2) is 50.1 Å². The second kappa shape index (κ2) is 8.73. The van der Waals surface area contributed by atoms with Crippen LogP contribution in [0, 0.1) is 0 Å². The van der Waals surface area contributed by atoms with Crippen LogP contribution >= 0.6 is 11.8 Å². The number of amides is 1. The van der Waals surface area contributed by atoms with Crippen LogP contribution in [0.15, 0.2) is 47.5 Å². The highest BCUT2D eigenvalue weighted by atomic mass is 32.2. The number of thioether (sulfide) groups is 1. The molecule has 1 saturated heterocycles. The zero-order valence-corrected chi connectivity index (χ0v) is 14.9. The van der Waals surface area contributed by atoms with Gasteiger partial charge in [-0.3, -0.25) is 4.79 Å². The quantitative estimate of drug-likeness (QED) is 0.800. The molecule has 7 heteroatoms. The van der Waals surface area contributed by atoms with Gasteiger partial charge < -0.3 is 19.7 Å². The van der Waals surface area contributed by atoms with E-state index in [0.29, 0.717) is 11.4 Å². The van der Waals surface area contributed by atoms with Crippen molar-refractivity contribution in [2.45, 2.75) is 4.90 Å². The van der Waals surface area contributed by atoms with E-state index in [4.69, 9.17) is 9.47 Å². The lowest BCUT2D eigenvalue weighted by Crippen LogP contribution is -2.36. The Bertz CT molecular complexity index is 686. The summed E-state index contributed by atoms with van der Waals surface area (Å²) in [5.74, 6) is 2.01. The largest absolute Gasteiger partial charge is 0.497 e. The minimum Gasteiger partial charge on any atom is -0.497 e. The number of ether oxygens (including phenoxy) is 2. The SMILES string of the molecule is COc1ccc(SCC(=O)Nc2ccc(N3CCOCC3)nc2)cc1. The van der Waals surface area contributed by atoms with Crippen LogP contribution in [0.5, 0.6) is 5.75 Å². The fraction of sp³-hybridized carbons (Fsp3) is 0.333. The summed E-state index contributed by atoms with van der Waals surface area (Å²) in [4.78, 5) is 19.7. The number of methoxy groups -OCH3 is 1. The molecule has 2 heterocycles. The van der Waals surface area contributed by atoms with Gasteiger partial charge in [-0.1, -0.05) is 0 Å². The third kappa shape index (κ3) is 5.11. The standard InChI is InChI=1S/C18H21N3O3S/c1-23-15-3-5-16(6-4-15)25-13-18(22)20-14-2-7-17(19-12-14)21-8-10-24-11-9-21/h2-7,12H,8-11,13H2,1H3,(H,20,22). The number of aromatic nitrogens is 1. The van der Waals surface area contributed by atoms with E-state index in [1.54, 1.807) is 13.3 Å². The Morgan fingerprint density at radius 2 is 2.00 bits per heavy atom. The van der Waals surface area contributed by atoms with Gasteiger partial charge in [-0.25, -0.2) is 4.98 Å². The topological polar surface area (TPSA) is 63.7 Å². The summed E-state index contributed by atoms with van der Waals surface area (Å²) in [6.07, 6.45) is 1.70. The van der Waals surface area contributed by atoms with E-state index in [1.165, 1.54) is 11.8 Å². The monoisotopic (exact) mass is 359 g/mol. The van der Waals surface area contributed by atoms with Crippen molar-refractivity contribution in [3.8, 4) is 5.75 Å². The van der Waals surface area contributed by atoms with Gasteiger partial charge in [-0.05, 0) is 36.4 Å². The Balaban J connectivity index is 1.48. The molecule has 0 atom stereocenters. The number of nitrogens with one attached hydrogen (secondary N) is 1. The molecule has 1 fully saturated rings. The van der Waals surface area contributed by atoms with E-state index in [2.05, 4.69) is 15.2 Å². The summed E-state index contributed by atoms with van der Waals surface area (Å²) >= 11 is 1.48. The average Bonchev–Trinajstić information content (AvgIpc) is 2.68. The normalized spacial score (nSPS) is 14.2. The van der Waals surface area contributed by atoms with Gasteiger partial charge in [0.2, 0.25) is 5.91 Å². The summed E-state index contributed by atoms with van der Waals surface area (Å²) in [7, 11) is 1.63. The first-order valence-electron chi connectivity index (χ1n) is 8.10. The molecule has 1 N–H and O–H groups in total. The molecule has 3 rings (SSSR count). The maximum atomic E-state index is 12.1. The average molecular weight is 359 g/mol. The van der Waals surface area contributed by atoms with Crippen molar-refractivity contribution >= 4 is 29.2 Å². The smallest absolute Gasteiger partial charge is 0.234 e. The molecule has 0 spiro atoms. The first-order valence-corrected chi connectivity index (χ1v) is 9.08. The highest BCUT2D eigenvalue weighted by Crippen LogP contribution is 2.21. The lowest BCUT2D eigenvalue weighted by Gasteiger charge is -2.27. The Labute approximate surface area is 151 Å². The molecule has 132 valence electrons. The number of carbonyl (C=O) groups is 1. The third-order valence-electron chi connectivity index (χ3n) is 3.80. The Hall–Kier alpha value is -2.25. The van der Waals surface area contributed by atoms with E-state index in [0.717, 1.165) is 42.8 Å². The molecular weight excluding hydrogens is 338 g/mol. The molecule has 0 radical (unpaired) electrons. The predicted octanol–water partition coefficient (Wildman–Crippen LogP) is 2.66. The molecule has 0 bridgehead atoms. The van der Waals surface area contributed by atoms with E-state index in [1.807, 2.05) is 36.4 Å². The van der Waals surface area contributed by atoms with Gasteiger partial charge >= 0.3 is 0 Å². The van der Waals surface area contributed by atoms with Gasteiger partial charge in [-0.2, -0.15) is 0 Å². The number of carbonyl (C=O) groups excluding carboxylic acids is 1. The van der Waals surface area contributed by atoms with Gasteiger partial charge in [0.15, 0.2) is 0 Å².